The van der Waals surface area contributed by atoms with E-state index in [2.05, 4.69) is 66.6 Å². The quantitative estimate of drug-likeness (QED) is 0.472. The lowest BCUT2D eigenvalue weighted by Crippen LogP contribution is -1.98. The minimum atomic E-state index is 0.883. The van der Waals surface area contributed by atoms with Gasteiger partial charge in [-0.05, 0) is 17.9 Å². The van der Waals surface area contributed by atoms with Gasteiger partial charge < -0.3 is 0 Å². The number of aromatic nitrogens is 2. The van der Waals surface area contributed by atoms with Crippen LogP contribution >= 0.6 is 0 Å². The molecule has 0 radical (unpaired) electrons. The summed E-state index contributed by atoms with van der Waals surface area (Å²) in [6.07, 6.45) is 0.883. The van der Waals surface area contributed by atoms with Gasteiger partial charge in [-0.2, -0.15) is 0 Å². The van der Waals surface area contributed by atoms with Gasteiger partial charge >= 0.3 is 0 Å². The predicted octanol–water partition coefficient (Wildman–Crippen LogP) is 5.74. The molecule has 0 aliphatic heterocycles. The zero-order valence-electron chi connectivity index (χ0n) is 13.2. The normalized spacial score (nSPS) is 11.2. The van der Waals surface area contributed by atoms with Crippen LogP contribution < -0.4 is 0 Å². The average Bonchev–Trinajstić information content (AvgIpc) is 3.02. The fraction of sp³-hybridized carbons (Fsp3) is 0.0952. The molecule has 0 amide bonds. The molecule has 0 saturated heterocycles. The second kappa shape index (κ2) is 5.40. The summed E-state index contributed by atoms with van der Waals surface area (Å²) < 4.78 is 2.22. The molecular formula is C21H18N2. The second-order valence-corrected chi connectivity index (χ2v) is 5.71. The highest BCUT2D eigenvalue weighted by Crippen LogP contribution is 2.33. The summed E-state index contributed by atoms with van der Waals surface area (Å²) in [7, 11) is 0. The molecule has 2 nitrogen and oxygen atoms in total. The van der Waals surface area contributed by atoms with Crippen molar-refractivity contribution in [3.8, 4) is 11.4 Å². The van der Waals surface area contributed by atoms with Crippen molar-refractivity contribution in [1.29, 1.82) is 0 Å². The van der Waals surface area contributed by atoms with E-state index in [4.69, 9.17) is 4.98 Å². The lowest BCUT2D eigenvalue weighted by atomic mass is 10.1. The summed E-state index contributed by atoms with van der Waals surface area (Å²) in [5.74, 6) is 0.962. The molecule has 0 spiro atoms. The second-order valence-electron chi connectivity index (χ2n) is 5.71. The van der Waals surface area contributed by atoms with E-state index in [1.54, 1.807) is 0 Å². The van der Waals surface area contributed by atoms with E-state index in [1.165, 1.54) is 10.8 Å². The number of imidazole rings is 1. The standard InChI is InChI=1S/C21H18N2/c1-3-15(2)23-20-18-12-8-7-9-16(18)13-14-19(20)22-21(23)17-10-5-4-6-11-17/h4-14H,2-3H2,1H3. The molecule has 1 heterocycles. The third kappa shape index (κ3) is 2.15. The summed E-state index contributed by atoms with van der Waals surface area (Å²) in [5, 5.41) is 2.44. The Balaban J connectivity index is 2.16. The van der Waals surface area contributed by atoms with E-state index in [-0.39, 0.29) is 0 Å². The van der Waals surface area contributed by atoms with Crippen molar-refractivity contribution in [2.45, 2.75) is 13.3 Å². The van der Waals surface area contributed by atoms with Crippen molar-refractivity contribution in [3.05, 3.63) is 73.3 Å². The SMILES string of the molecule is C=C(CC)n1c(-c2ccccc2)nc2ccc3ccccc3c21. The van der Waals surface area contributed by atoms with E-state index < -0.39 is 0 Å². The Bertz CT molecular complexity index is 1010. The van der Waals surface area contributed by atoms with Crippen LogP contribution in [0.15, 0.2) is 73.3 Å². The first kappa shape index (κ1) is 13.8. The van der Waals surface area contributed by atoms with Gasteiger partial charge in [0.25, 0.3) is 0 Å². The first-order chi connectivity index (χ1) is 11.3. The van der Waals surface area contributed by atoms with Crippen LogP contribution in [-0.2, 0) is 0 Å². The molecule has 4 rings (SSSR count). The Kier molecular flexibility index (Phi) is 3.23. The fourth-order valence-electron chi connectivity index (χ4n) is 3.09. The summed E-state index contributed by atoms with van der Waals surface area (Å²) in [5.41, 5.74) is 4.33. The summed E-state index contributed by atoms with van der Waals surface area (Å²) in [6.45, 7) is 6.41. The Morgan fingerprint density at radius 3 is 2.48 bits per heavy atom. The van der Waals surface area contributed by atoms with Crippen molar-refractivity contribution in [2.75, 3.05) is 0 Å². The molecule has 0 unspecified atom stereocenters. The molecule has 112 valence electrons. The van der Waals surface area contributed by atoms with Gasteiger partial charge in [-0.15, -0.1) is 0 Å². The number of rotatable bonds is 3. The molecule has 0 aliphatic carbocycles. The van der Waals surface area contributed by atoms with Crippen molar-refractivity contribution in [1.82, 2.24) is 9.55 Å². The monoisotopic (exact) mass is 298 g/mol. The third-order valence-corrected chi connectivity index (χ3v) is 4.30. The van der Waals surface area contributed by atoms with Crippen LogP contribution in [0.2, 0.25) is 0 Å². The zero-order valence-corrected chi connectivity index (χ0v) is 13.2. The van der Waals surface area contributed by atoms with Gasteiger partial charge in [-0.3, -0.25) is 4.57 Å². The minimum Gasteiger partial charge on any atom is -0.296 e. The Hall–Kier alpha value is -2.87. The molecule has 23 heavy (non-hydrogen) atoms. The van der Waals surface area contributed by atoms with E-state index in [1.807, 2.05) is 18.2 Å². The zero-order chi connectivity index (χ0) is 15.8. The lowest BCUT2D eigenvalue weighted by molar-refractivity contribution is 1.05. The van der Waals surface area contributed by atoms with E-state index >= 15 is 0 Å². The first-order valence-electron chi connectivity index (χ1n) is 7.93. The molecule has 0 bridgehead atoms. The smallest absolute Gasteiger partial charge is 0.145 e. The van der Waals surface area contributed by atoms with Crippen LogP contribution in [-0.4, -0.2) is 9.55 Å². The molecule has 0 saturated carbocycles. The average molecular weight is 298 g/mol. The van der Waals surface area contributed by atoms with E-state index in [0.29, 0.717) is 0 Å². The fourth-order valence-corrected chi connectivity index (χ4v) is 3.09. The van der Waals surface area contributed by atoms with Gasteiger partial charge in [0.1, 0.15) is 5.82 Å². The Labute approximate surface area is 135 Å². The highest BCUT2D eigenvalue weighted by atomic mass is 15.1. The molecule has 0 aliphatic rings. The largest absolute Gasteiger partial charge is 0.296 e. The Morgan fingerprint density at radius 2 is 1.70 bits per heavy atom. The van der Waals surface area contributed by atoms with Gasteiger partial charge in [-0.25, -0.2) is 4.98 Å². The van der Waals surface area contributed by atoms with Gasteiger partial charge in [-0.1, -0.05) is 74.2 Å². The Morgan fingerprint density at radius 1 is 0.957 bits per heavy atom. The molecule has 1 aromatic heterocycles. The van der Waals surface area contributed by atoms with Crippen LogP contribution in [0.3, 0.4) is 0 Å². The maximum Gasteiger partial charge on any atom is 0.145 e. The van der Waals surface area contributed by atoms with E-state index in [9.17, 15) is 0 Å². The summed E-state index contributed by atoms with van der Waals surface area (Å²) in [6, 6.07) is 23.0. The predicted molar refractivity (Wildman–Crippen MR) is 98.3 cm³/mol. The summed E-state index contributed by atoms with van der Waals surface area (Å²) in [4.78, 5) is 4.90. The van der Waals surface area contributed by atoms with E-state index in [0.717, 1.165) is 34.5 Å². The highest BCUT2D eigenvalue weighted by molar-refractivity contribution is 6.06. The van der Waals surface area contributed by atoms with Gasteiger partial charge in [0, 0.05) is 16.6 Å². The maximum atomic E-state index is 4.90. The molecular weight excluding hydrogens is 280 g/mol. The first-order valence-corrected chi connectivity index (χ1v) is 7.93. The van der Waals surface area contributed by atoms with Crippen LogP contribution in [0.25, 0.3) is 38.9 Å². The molecule has 0 N–H and O–H groups in total. The number of nitrogens with zero attached hydrogens (tertiary/aromatic N) is 2. The number of hydrogen-bond acceptors (Lipinski definition) is 1. The van der Waals surface area contributed by atoms with Crippen LogP contribution in [0.5, 0.6) is 0 Å². The molecule has 0 atom stereocenters. The number of benzene rings is 3. The minimum absolute atomic E-state index is 0.883. The lowest BCUT2D eigenvalue weighted by Gasteiger charge is -2.12. The number of fused-ring (bicyclic) bond motifs is 3. The van der Waals surface area contributed by atoms with Crippen LogP contribution in [0, 0.1) is 0 Å². The van der Waals surface area contributed by atoms with Crippen LogP contribution in [0.1, 0.15) is 13.3 Å². The number of hydrogen-bond donors (Lipinski definition) is 0. The van der Waals surface area contributed by atoms with Crippen molar-refractivity contribution >= 4 is 27.5 Å². The summed E-state index contributed by atoms with van der Waals surface area (Å²) >= 11 is 0. The van der Waals surface area contributed by atoms with Gasteiger partial charge in [0.05, 0.1) is 11.0 Å². The van der Waals surface area contributed by atoms with Crippen molar-refractivity contribution in [2.24, 2.45) is 0 Å². The van der Waals surface area contributed by atoms with Gasteiger partial charge in [0.15, 0.2) is 0 Å². The molecule has 3 aromatic carbocycles. The van der Waals surface area contributed by atoms with Crippen molar-refractivity contribution in [3.63, 3.8) is 0 Å². The maximum absolute atomic E-state index is 4.90. The van der Waals surface area contributed by atoms with Gasteiger partial charge in [0.2, 0.25) is 0 Å². The third-order valence-electron chi connectivity index (χ3n) is 4.30. The number of allylic oxidation sites excluding steroid dienone is 1. The highest BCUT2D eigenvalue weighted by Gasteiger charge is 2.16. The van der Waals surface area contributed by atoms with Crippen molar-refractivity contribution < 1.29 is 0 Å². The molecule has 4 aromatic rings. The topological polar surface area (TPSA) is 17.8 Å². The molecule has 0 fully saturated rings. The van der Waals surface area contributed by atoms with Crippen LogP contribution in [0.4, 0.5) is 0 Å². The molecule has 2 heteroatoms.